The molecule has 148 valence electrons. The molecule has 1 N–H and O–H groups in total. The van der Waals surface area contributed by atoms with E-state index in [1.807, 2.05) is 7.85 Å². The quantitative estimate of drug-likeness (QED) is 0.389. The maximum Gasteiger partial charge on any atom is 0.347 e. The molecule has 0 aliphatic rings. The van der Waals surface area contributed by atoms with E-state index in [9.17, 15) is 19.1 Å². The van der Waals surface area contributed by atoms with Gasteiger partial charge in [-0.1, -0.05) is 23.7 Å². The van der Waals surface area contributed by atoms with E-state index < -0.39 is 22.8 Å². The van der Waals surface area contributed by atoms with E-state index in [1.54, 1.807) is 25.3 Å². The number of halogens is 1. The maximum absolute atomic E-state index is 13.2. The van der Waals surface area contributed by atoms with Gasteiger partial charge in [0.25, 0.3) is 5.56 Å². The van der Waals surface area contributed by atoms with Crippen molar-refractivity contribution >= 4 is 30.3 Å². The standard InChI is InChI=1S/C21H20BFN2O4/c1-3-9-25-18-16(22)13(10-12-5-7-14(23)8-6-12)11-24-17(18)19(26)15(20(25)27)21(28)29-4-2/h3,5-8,11,26H,1,4,9-10,22H2,2H3. The molecule has 0 saturated heterocycles. The molecule has 0 unspecified atom stereocenters. The highest BCUT2D eigenvalue weighted by atomic mass is 19.1. The minimum Gasteiger partial charge on any atom is -0.505 e. The lowest BCUT2D eigenvalue weighted by Crippen LogP contribution is -2.31. The molecular weight excluding hydrogens is 374 g/mol. The van der Waals surface area contributed by atoms with E-state index in [0.29, 0.717) is 11.9 Å². The van der Waals surface area contributed by atoms with Gasteiger partial charge in [-0.3, -0.25) is 9.78 Å². The van der Waals surface area contributed by atoms with Gasteiger partial charge in [-0.25, -0.2) is 9.18 Å². The molecule has 0 fully saturated rings. The van der Waals surface area contributed by atoms with Crippen molar-refractivity contribution in [1.29, 1.82) is 0 Å². The number of fused-ring (bicyclic) bond motifs is 1. The fourth-order valence-corrected chi connectivity index (χ4v) is 3.28. The number of nitrogens with zero attached hydrogens (tertiary/aromatic N) is 2. The fourth-order valence-electron chi connectivity index (χ4n) is 3.28. The minimum atomic E-state index is -0.899. The van der Waals surface area contributed by atoms with Crippen LogP contribution >= 0.6 is 0 Å². The smallest absolute Gasteiger partial charge is 0.347 e. The van der Waals surface area contributed by atoms with Crippen LogP contribution in [0, 0.1) is 5.82 Å². The van der Waals surface area contributed by atoms with E-state index in [2.05, 4.69) is 11.6 Å². The molecule has 8 heteroatoms. The summed E-state index contributed by atoms with van der Waals surface area (Å²) in [5.41, 5.74) is 1.85. The van der Waals surface area contributed by atoms with Gasteiger partial charge in [0.2, 0.25) is 0 Å². The highest BCUT2D eigenvalue weighted by molar-refractivity contribution is 6.39. The zero-order chi connectivity index (χ0) is 21.1. The van der Waals surface area contributed by atoms with E-state index in [0.717, 1.165) is 16.6 Å². The molecule has 3 rings (SSSR count). The van der Waals surface area contributed by atoms with Crippen LogP contribution in [0.4, 0.5) is 4.39 Å². The Morgan fingerprint density at radius 1 is 1.38 bits per heavy atom. The Labute approximate surface area is 167 Å². The second-order valence-corrected chi connectivity index (χ2v) is 6.56. The van der Waals surface area contributed by atoms with Gasteiger partial charge in [0.1, 0.15) is 19.2 Å². The van der Waals surface area contributed by atoms with Crippen LogP contribution in [0.15, 0.2) is 47.9 Å². The zero-order valence-corrected chi connectivity index (χ0v) is 16.2. The van der Waals surface area contributed by atoms with Crippen LogP contribution in [0.3, 0.4) is 0 Å². The lowest BCUT2D eigenvalue weighted by atomic mass is 9.86. The summed E-state index contributed by atoms with van der Waals surface area (Å²) in [6.45, 7) is 5.48. The van der Waals surface area contributed by atoms with Gasteiger partial charge >= 0.3 is 5.97 Å². The number of ether oxygens (including phenoxy) is 1. The van der Waals surface area contributed by atoms with Crippen LogP contribution in [0.1, 0.15) is 28.4 Å². The molecule has 29 heavy (non-hydrogen) atoms. The molecule has 1 aromatic carbocycles. The Morgan fingerprint density at radius 3 is 2.69 bits per heavy atom. The lowest BCUT2D eigenvalue weighted by molar-refractivity contribution is 0.0520. The number of carbonyl (C=O) groups is 1. The van der Waals surface area contributed by atoms with Gasteiger partial charge in [-0.05, 0) is 36.6 Å². The topological polar surface area (TPSA) is 81.4 Å². The Balaban J connectivity index is 2.24. The largest absolute Gasteiger partial charge is 0.505 e. The highest BCUT2D eigenvalue weighted by Gasteiger charge is 2.25. The zero-order valence-electron chi connectivity index (χ0n) is 16.2. The third kappa shape index (κ3) is 3.78. The fraction of sp³-hybridized carbons (Fsp3) is 0.190. The summed E-state index contributed by atoms with van der Waals surface area (Å²) in [7, 11) is 1.81. The first-order valence-corrected chi connectivity index (χ1v) is 9.15. The van der Waals surface area contributed by atoms with Gasteiger partial charge in [-0.15, -0.1) is 6.58 Å². The number of esters is 1. The van der Waals surface area contributed by atoms with Crippen molar-refractivity contribution in [1.82, 2.24) is 9.55 Å². The minimum absolute atomic E-state index is 0.0697. The number of aromatic hydroxyl groups is 1. The number of benzene rings is 1. The van der Waals surface area contributed by atoms with Gasteiger partial charge < -0.3 is 14.4 Å². The second-order valence-electron chi connectivity index (χ2n) is 6.56. The average Bonchev–Trinajstić information content (AvgIpc) is 2.69. The number of hydrogen-bond donors (Lipinski definition) is 1. The number of pyridine rings is 2. The monoisotopic (exact) mass is 394 g/mol. The molecule has 0 amide bonds. The van der Waals surface area contributed by atoms with E-state index in [1.165, 1.54) is 22.8 Å². The maximum atomic E-state index is 13.2. The summed E-state index contributed by atoms with van der Waals surface area (Å²) in [6.07, 6.45) is 3.58. The lowest BCUT2D eigenvalue weighted by Gasteiger charge is -2.17. The van der Waals surface area contributed by atoms with Crippen molar-refractivity contribution in [2.45, 2.75) is 19.9 Å². The van der Waals surface area contributed by atoms with Crippen LogP contribution in [-0.2, 0) is 17.7 Å². The number of rotatable bonds is 6. The van der Waals surface area contributed by atoms with Crippen molar-refractivity contribution in [3.8, 4) is 5.75 Å². The summed E-state index contributed by atoms with van der Waals surface area (Å²) < 4.78 is 19.4. The van der Waals surface area contributed by atoms with E-state index in [-0.39, 0.29) is 24.5 Å². The average molecular weight is 394 g/mol. The molecule has 0 atom stereocenters. The van der Waals surface area contributed by atoms with Gasteiger partial charge in [0, 0.05) is 12.7 Å². The molecule has 2 aromatic heterocycles. The summed E-state index contributed by atoms with van der Waals surface area (Å²) in [4.78, 5) is 29.5. The molecule has 0 radical (unpaired) electrons. The Morgan fingerprint density at radius 2 is 2.07 bits per heavy atom. The first-order chi connectivity index (χ1) is 13.9. The van der Waals surface area contributed by atoms with Crippen LogP contribution < -0.4 is 11.0 Å². The Hall–Kier alpha value is -3.42. The normalized spacial score (nSPS) is 10.8. The van der Waals surface area contributed by atoms with Crippen LogP contribution in [0.2, 0.25) is 0 Å². The van der Waals surface area contributed by atoms with Crippen LogP contribution in [0.5, 0.6) is 5.75 Å². The number of aromatic nitrogens is 2. The van der Waals surface area contributed by atoms with Crippen LogP contribution in [0.25, 0.3) is 11.0 Å². The molecule has 0 saturated carbocycles. The predicted octanol–water partition coefficient (Wildman–Crippen LogP) is 1.45. The molecule has 0 aliphatic heterocycles. The Bertz CT molecular complexity index is 1160. The molecule has 0 aliphatic carbocycles. The van der Waals surface area contributed by atoms with Gasteiger partial charge in [0.05, 0.1) is 12.1 Å². The molecule has 6 nitrogen and oxygen atoms in total. The predicted molar refractivity (Wildman–Crippen MR) is 111 cm³/mol. The SMILES string of the molecule is Bc1c(Cc2ccc(F)cc2)cnc2c(O)c(C(=O)OCC)c(=O)n(CC=C)c12. The molecule has 2 heterocycles. The molecule has 0 spiro atoms. The van der Waals surface area contributed by atoms with Crippen molar-refractivity contribution in [2.75, 3.05) is 6.61 Å². The summed E-state index contributed by atoms with van der Waals surface area (Å²) >= 11 is 0. The van der Waals surface area contributed by atoms with Gasteiger partial charge in [0.15, 0.2) is 11.3 Å². The number of carbonyl (C=O) groups excluding carboxylic acids is 1. The van der Waals surface area contributed by atoms with E-state index >= 15 is 0 Å². The molecule has 0 bridgehead atoms. The third-order valence-electron chi connectivity index (χ3n) is 4.70. The second kappa shape index (κ2) is 8.30. The first kappa shape index (κ1) is 20.3. The van der Waals surface area contributed by atoms with Crippen molar-refractivity contribution in [2.24, 2.45) is 0 Å². The number of hydrogen-bond acceptors (Lipinski definition) is 5. The highest BCUT2D eigenvalue weighted by Crippen LogP contribution is 2.25. The molecule has 3 aromatic rings. The number of allylic oxidation sites excluding steroid dienone is 1. The van der Waals surface area contributed by atoms with Crippen molar-refractivity contribution in [3.05, 3.63) is 76.0 Å². The van der Waals surface area contributed by atoms with Crippen LogP contribution in [-0.4, -0.2) is 35.1 Å². The third-order valence-corrected chi connectivity index (χ3v) is 4.70. The van der Waals surface area contributed by atoms with Gasteiger partial charge in [-0.2, -0.15) is 0 Å². The summed E-state index contributed by atoms with van der Waals surface area (Å²) in [6, 6.07) is 6.11. The Kier molecular flexibility index (Phi) is 5.82. The summed E-state index contributed by atoms with van der Waals surface area (Å²) in [5.74, 6) is -1.72. The van der Waals surface area contributed by atoms with Crippen molar-refractivity contribution < 1.29 is 19.0 Å². The summed E-state index contributed by atoms with van der Waals surface area (Å²) in [5, 5.41) is 10.6. The molecular formula is C21H20BFN2O4. The first-order valence-electron chi connectivity index (χ1n) is 9.15. The van der Waals surface area contributed by atoms with E-state index in [4.69, 9.17) is 4.74 Å². The van der Waals surface area contributed by atoms with Crippen molar-refractivity contribution in [3.63, 3.8) is 0 Å².